The van der Waals surface area contributed by atoms with Crippen LogP contribution in [0.3, 0.4) is 0 Å². The zero-order valence-electron chi connectivity index (χ0n) is 23.5. The monoisotopic (exact) mass is 581 g/mol. The van der Waals surface area contributed by atoms with E-state index in [0.29, 0.717) is 17.9 Å². The second-order valence-corrected chi connectivity index (χ2v) is 11.4. The zero-order valence-corrected chi connectivity index (χ0v) is 25.1. The molecule has 0 saturated heterocycles. The van der Waals surface area contributed by atoms with E-state index in [1.54, 1.807) is 10.8 Å². The van der Waals surface area contributed by atoms with Crippen LogP contribution in [0.4, 0.5) is 16.2 Å². The molecule has 3 aromatic rings. The van der Waals surface area contributed by atoms with E-state index in [1.165, 1.54) is 0 Å². The zero-order chi connectivity index (χ0) is 28.0. The second-order valence-electron chi connectivity index (χ2n) is 10.5. The van der Waals surface area contributed by atoms with Crippen LogP contribution in [-0.2, 0) is 6.54 Å². The number of pyridine rings is 1. The first-order chi connectivity index (χ1) is 18.0. The van der Waals surface area contributed by atoms with Crippen LogP contribution >= 0.6 is 15.9 Å². The molecular formula is C31H40BrN3O3. The van der Waals surface area contributed by atoms with E-state index in [2.05, 4.69) is 61.2 Å². The van der Waals surface area contributed by atoms with Crippen LogP contribution < -0.4 is 20.9 Å². The topological polar surface area (TPSA) is 72.4 Å². The highest BCUT2D eigenvalue weighted by molar-refractivity contribution is 9.10. The first-order valence-electron chi connectivity index (χ1n) is 13.4. The Labute approximate surface area is 234 Å². The lowest BCUT2D eigenvalue weighted by atomic mass is 9.93. The van der Waals surface area contributed by atoms with Gasteiger partial charge in [0.05, 0.1) is 6.10 Å². The molecule has 3 rings (SSSR count). The van der Waals surface area contributed by atoms with Crippen LogP contribution in [0.1, 0.15) is 84.3 Å². The van der Waals surface area contributed by atoms with Crippen LogP contribution in [0.2, 0.25) is 0 Å². The summed E-state index contributed by atoms with van der Waals surface area (Å²) in [5.41, 5.74) is 4.22. The maximum absolute atomic E-state index is 13.7. The van der Waals surface area contributed by atoms with E-state index in [9.17, 15) is 9.59 Å². The SMILES string of the molecule is CCCCn1ccc(-c2cc(Br)ccc2OC(C)C)c(NC(=O)Nc2c(C(C)C)cccc2C(C)C)c1=O. The number of urea groups is 1. The molecule has 0 bridgehead atoms. The summed E-state index contributed by atoms with van der Waals surface area (Å²) in [4.78, 5) is 27.2. The number of para-hydroxylation sites is 1. The van der Waals surface area contributed by atoms with Gasteiger partial charge < -0.3 is 19.9 Å². The lowest BCUT2D eigenvalue weighted by Gasteiger charge is -2.21. The van der Waals surface area contributed by atoms with Crippen molar-refractivity contribution in [3.05, 3.63) is 74.6 Å². The number of rotatable bonds is 10. The molecule has 0 atom stereocenters. The first kappa shape index (κ1) is 29.5. The number of anilines is 2. The number of halogens is 1. The number of aromatic nitrogens is 1. The predicted molar refractivity (Wildman–Crippen MR) is 162 cm³/mol. The maximum Gasteiger partial charge on any atom is 0.323 e. The van der Waals surface area contributed by atoms with Gasteiger partial charge in [0.1, 0.15) is 11.4 Å². The average molecular weight is 583 g/mol. The van der Waals surface area contributed by atoms with E-state index < -0.39 is 6.03 Å². The van der Waals surface area contributed by atoms with E-state index >= 15 is 0 Å². The molecule has 38 heavy (non-hydrogen) atoms. The van der Waals surface area contributed by atoms with E-state index in [0.717, 1.165) is 39.7 Å². The fourth-order valence-corrected chi connectivity index (χ4v) is 4.81. The summed E-state index contributed by atoms with van der Waals surface area (Å²) in [5.74, 6) is 1.09. The quantitative estimate of drug-likeness (QED) is 0.251. The second kappa shape index (κ2) is 13.1. The lowest BCUT2D eigenvalue weighted by molar-refractivity contribution is 0.243. The van der Waals surface area contributed by atoms with Crippen LogP contribution in [0.15, 0.2) is 57.9 Å². The number of aryl methyl sites for hydroxylation is 1. The van der Waals surface area contributed by atoms with Gasteiger partial charge in [0, 0.05) is 34.0 Å². The number of carbonyl (C=O) groups excluding carboxylic acids is 1. The molecule has 1 heterocycles. The highest BCUT2D eigenvalue weighted by Gasteiger charge is 2.21. The molecule has 0 saturated carbocycles. The summed E-state index contributed by atoms with van der Waals surface area (Å²) in [6.45, 7) is 15.0. The lowest BCUT2D eigenvalue weighted by Crippen LogP contribution is -2.29. The molecule has 2 aromatic carbocycles. The third kappa shape index (κ3) is 7.07. The Morgan fingerprint density at radius 2 is 1.55 bits per heavy atom. The molecule has 0 aliphatic carbocycles. The summed E-state index contributed by atoms with van der Waals surface area (Å²) in [6, 6.07) is 13.2. The molecule has 7 heteroatoms. The van der Waals surface area contributed by atoms with Crippen molar-refractivity contribution >= 4 is 33.3 Å². The van der Waals surface area contributed by atoms with Crippen LogP contribution in [0.5, 0.6) is 5.75 Å². The molecule has 0 aliphatic heterocycles. The number of nitrogens with one attached hydrogen (secondary N) is 2. The Bertz CT molecular complexity index is 1300. The third-order valence-electron chi connectivity index (χ3n) is 6.36. The summed E-state index contributed by atoms with van der Waals surface area (Å²) in [6.07, 6.45) is 3.56. The molecule has 0 spiro atoms. The van der Waals surface area contributed by atoms with Crippen molar-refractivity contribution in [3.8, 4) is 16.9 Å². The van der Waals surface area contributed by atoms with Gasteiger partial charge in [-0.2, -0.15) is 0 Å². The van der Waals surface area contributed by atoms with Gasteiger partial charge in [-0.05, 0) is 67.5 Å². The van der Waals surface area contributed by atoms with Gasteiger partial charge in [-0.1, -0.05) is 75.2 Å². The molecule has 2 amide bonds. The fraction of sp³-hybridized carbons (Fsp3) is 0.419. The Morgan fingerprint density at radius 1 is 0.921 bits per heavy atom. The number of hydrogen-bond acceptors (Lipinski definition) is 3. The Kier molecular flexibility index (Phi) is 10.2. The number of nitrogens with zero attached hydrogens (tertiary/aromatic N) is 1. The smallest absolute Gasteiger partial charge is 0.323 e. The molecule has 204 valence electrons. The predicted octanol–water partition coefficient (Wildman–Crippen LogP) is 8.76. The van der Waals surface area contributed by atoms with Crippen LogP contribution in [0, 0.1) is 0 Å². The summed E-state index contributed by atoms with van der Waals surface area (Å²) >= 11 is 3.55. The van der Waals surface area contributed by atoms with Crippen molar-refractivity contribution in [3.63, 3.8) is 0 Å². The molecule has 1 aromatic heterocycles. The van der Waals surface area contributed by atoms with Crippen LogP contribution in [0.25, 0.3) is 11.1 Å². The van der Waals surface area contributed by atoms with Crippen molar-refractivity contribution in [2.75, 3.05) is 10.6 Å². The Balaban J connectivity index is 2.11. The summed E-state index contributed by atoms with van der Waals surface area (Å²) < 4.78 is 8.58. The van der Waals surface area contributed by atoms with Gasteiger partial charge in [0.2, 0.25) is 0 Å². The number of ether oxygens (including phenoxy) is 1. The number of carbonyl (C=O) groups is 1. The maximum atomic E-state index is 13.7. The standard InChI is InChI=1S/C31H40BrN3O3/c1-8-9-16-35-17-15-25(26-18-22(32)13-14-27(26)38-21(6)7)29(30(35)36)34-31(37)33-28-23(19(2)3)11-10-12-24(28)20(4)5/h10-15,17-21H,8-9,16H2,1-7H3,(H2,33,34,37). The van der Waals surface area contributed by atoms with Gasteiger partial charge in [0.25, 0.3) is 5.56 Å². The molecular weight excluding hydrogens is 542 g/mol. The average Bonchev–Trinajstić information content (AvgIpc) is 2.85. The van der Waals surface area contributed by atoms with Gasteiger partial charge in [-0.25, -0.2) is 4.79 Å². The van der Waals surface area contributed by atoms with E-state index in [1.807, 2.05) is 56.3 Å². The van der Waals surface area contributed by atoms with Crippen molar-refractivity contribution in [1.29, 1.82) is 0 Å². The summed E-state index contributed by atoms with van der Waals surface area (Å²) in [7, 11) is 0. The third-order valence-corrected chi connectivity index (χ3v) is 6.86. The van der Waals surface area contributed by atoms with Gasteiger partial charge in [0.15, 0.2) is 0 Å². The molecule has 2 N–H and O–H groups in total. The van der Waals surface area contributed by atoms with Crippen molar-refractivity contribution < 1.29 is 9.53 Å². The normalized spacial score (nSPS) is 11.3. The molecule has 0 unspecified atom stereocenters. The van der Waals surface area contributed by atoms with Gasteiger partial charge in [-0.15, -0.1) is 0 Å². The Morgan fingerprint density at radius 3 is 2.13 bits per heavy atom. The van der Waals surface area contributed by atoms with Crippen molar-refractivity contribution in [1.82, 2.24) is 4.57 Å². The number of benzene rings is 2. The first-order valence-corrected chi connectivity index (χ1v) is 14.2. The number of unbranched alkanes of at least 4 members (excludes halogenated alkanes) is 1. The summed E-state index contributed by atoms with van der Waals surface area (Å²) in [5, 5.41) is 6.00. The molecule has 6 nitrogen and oxygen atoms in total. The Hall–Kier alpha value is -3.06. The van der Waals surface area contributed by atoms with Crippen molar-refractivity contribution in [2.45, 2.75) is 85.8 Å². The molecule has 0 aliphatic rings. The molecule has 0 fully saturated rings. The number of hydrogen-bond donors (Lipinski definition) is 2. The minimum atomic E-state index is -0.451. The highest BCUT2D eigenvalue weighted by atomic mass is 79.9. The van der Waals surface area contributed by atoms with E-state index in [4.69, 9.17) is 4.74 Å². The minimum absolute atomic E-state index is 0.0541. The minimum Gasteiger partial charge on any atom is -0.490 e. The fourth-order valence-electron chi connectivity index (χ4n) is 4.45. The van der Waals surface area contributed by atoms with E-state index in [-0.39, 0.29) is 29.2 Å². The van der Waals surface area contributed by atoms with Crippen molar-refractivity contribution in [2.24, 2.45) is 0 Å². The largest absolute Gasteiger partial charge is 0.490 e. The molecule has 0 radical (unpaired) electrons. The van der Waals surface area contributed by atoms with Gasteiger partial charge >= 0.3 is 6.03 Å². The van der Waals surface area contributed by atoms with Crippen LogP contribution in [-0.4, -0.2) is 16.7 Å². The highest BCUT2D eigenvalue weighted by Crippen LogP contribution is 2.37. The number of amides is 2. The van der Waals surface area contributed by atoms with Gasteiger partial charge in [-0.3, -0.25) is 4.79 Å².